The minimum atomic E-state index is 0.106. The summed E-state index contributed by atoms with van der Waals surface area (Å²) in [5.74, 6) is 0.106. The maximum absolute atomic E-state index is 11.4. The van der Waals surface area contributed by atoms with Crippen LogP contribution in [-0.4, -0.2) is 32.6 Å². The van der Waals surface area contributed by atoms with E-state index in [0.29, 0.717) is 6.54 Å². The quantitative estimate of drug-likeness (QED) is 0.805. The number of nitrogens with one attached hydrogen (secondary N) is 2. The van der Waals surface area contributed by atoms with Crippen LogP contribution in [0.5, 0.6) is 0 Å². The summed E-state index contributed by atoms with van der Waals surface area (Å²) in [6, 6.07) is 6.41. The molecular formula is C13H19N3O. The van der Waals surface area contributed by atoms with Crippen LogP contribution in [0.2, 0.25) is 0 Å². The van der Waals surface area contributed by atoms with Crippen molar-refractivity contribution in [3.8, 4) is 0 Å². The van der Waals surface area contributed by atoms with Crippen LogP contribution in [0.3, 0.4) is 0 Å². The highest BCUT2D eigenvalue weighted by atomic mass is 16.2. The van der Waals surface area contributed by atoms with Crippen molar-refractivity contribution >= 4 is 11.6 Å². The van der Waals surface area contributed by atoms with Crippen LogP contribution < -0.4 is 15.5 Å². The highest BCUT2D eigenvalue weighted by molar-refractivity contribution is 5.83. The monoisotopic (exact) mass is 233 g/mol. The first kappa shape index (κ1) is 11.9. The molecule has 4 nitrogen and oxygen atoms in total. The maximum Gasteiger partial charge on any atom is 0.239 e. The molecule has 1 fully saturated rings. The van der Waals surface area contributed by atoms with E-state index in [4.69, 9.17) is 0 Å². The van der Waals surface area contributed by atoms with Gasteiger partial charge in [-0.3, -0.25) is 4.79 Å². The molecule has 1 saturated heterocycles. The van der Waals surface area contributed by atoms with Gasteiger partial charge in [-0.15, -0.1) is 0 Å². The summed E-state index contributed by atoms with van der Waals surface area (Å²) in [6.07, 6.45) is 0. The van der Waals surface area contributed by atoms with Crippen molar-refractivity contribution in [1.29, 1.82) is 0 Å². The van der Waals surface area contributed by atoms with Crippen molar-refractivity contribution < 1.29 is 4.79 Å². The Bertz CT molecular complexity index is 417. The van der Waals surface area contributed by atoms with Crippen LogP contribution in [0.4, 0.5) is 5.69 Å². The number of carbonyl (C=O) groups excluding carboxylic acids is 1. The normalized spacial score (nSPS) is 15.9. The highest BCUT2D eigenvalue weighted by Crippen LogP contribution is 2.21. The zero-order valence-electron chi connectivity index (χ0n) is 10.4. The van der Waals surface area contributed by atoms with E-state index in [-0.39, 0.29) is 5.91 Å². The third kappa shape index (κ3) is 2.77. The number of anilines is 1. The van der Waals surface area contributed by atoms with Crippen LogP contribution in [-0.2, 0) is 11.3 Å². The molecule has 0 aliphatic carbocycles. The lowest BCUT2D eigenvalue weighted by molar-refractivity contribution is -0.120. The molecule has 0 spiro atoms. The summed E-state index contributed by atoms with van der Waals surface area (Å²) in [4.78, 5) is 13.5. The molecule has 17 heavy (non-hydrogen) atoms. The SMILES string of the molecule is CNCc1ccc(N2CCNC(=O)C2)c(C)c1. The molecule has 1 aromatic carbocycles. The van der Waals surface area contributed by atoms with Crippen molar-refractivity contribution in [2.24, 2.45) is 0 Å². The summed E-state index contributed by atoms with van der Waals surface area (Å²) in [5.41, 5.74) is 3.67. The Kier molecular flexibility index (Phi) is 3.64. The summed E-state index contributed by atoms with van der Waals surface area (Å²) >= 11 is 0. The van der Waals surface area contributed by atoms with Gasteiger partial charge in [0.1, 0.15) is 0 Å². The second-order valence-electron chi connectivity index (χ2n) is 4.42. The van der Waals surface area contributed by atoms with Crippen molar-refractivity contribution in [3.63, 3.8) is 0 Å². The maximum atomic E-state index is 11.4. The highest BCUT2D eigenvalue weighted by Gasteiger charge is 2.17. The van der Waals surface area contributed by atoms with Crippen LogP contribution in [0.25, 0.3) is 0 Å². The fraction of sp³-hybridized carbons (Fsp3) is 0.462. The second-order valence-corrected chi connectivity index (χ2v) is 4.42. The Morgan fingerprint density at radius 3 is 2.94 bits per heavy atom. The molecule has 1 aliphatic rings. The summed E-state index contributed by atoms with van der Waals surface area (Å²) in [7, 11) is 1.94. The molecule has 92 valence electrons. The number of piperazine rings is 1. The molecule has 0 unspecified atom stereocenters. The van der Waals surface area contributed by atoms with Gasteiger partial charge in [0.25, 0.3) is 0 Å². The number of hydrogen-bond acceptors (Lipinski definition) is 3. The molecule has 2 N–H and O–H groups in total. The van der Waals surface area contributed by atoms with Gasteiger partial charge in [-0.05, 0) is 31.2 Å². The molecule has 0 aromatic heterocycles. The Morgan fingerprint density at radius 2 is 2.29 bits per heavy atom. The Hall–Kier alpha value is -1.55. The van der Waals surface area contributed by atoms with Crippen molar-refractivity contribution in [3.05, 3.63) is 29.3 Å². The zero-order valence-corrected chi connectivity index (χ0v) is 10.4. The minimum Gasteiger partial charge on any atom is -0.360 e. The minimum absolute atomic E-state index is 0.106. The van der Waals surface area contributed by atoms with E-state index in [0.717, 1.165) is 19.6 Å². The van der Waals surface area contributed by atoms with E-state index in [9.17, 15) is 4.79 Å². The molecule has 2 rings (SSSR count). The number of hydrogen-bond donors (Lipinski definition) is 2. The predicted molar refractivity (Wildman–Crippen MR) is 69.2 cm³/mol. The number of amides is 1. The molecule has 0 radical (unpaired) electrons. The van der Waals surface area contributed by atoms with Gasteiger partial charge >= 0.3 is 0 Å². The topological polar surface area (TPSA) is 44.4 Å². The Labute approximate surface area is 102 Å². The Morgan fingerprint density at radius 1 is 1.47 bits per heavy atom. The summed E-state index contributed by atoms with van der Waals surface area (Å²) < 4.78 is 0. The van der Waals surface area contributed by atoms with Gasteiger partial charge in [-0.1, -0.05) is 12.1 Å². The first-order chi connectivity index (χ1) is 8.20. The molecule has 4 heteroatoms. The van der Waals surface area contributed by atoms with Gasteiger partial charge in [0.15, 0.2) is 0 Å². The van der Waals surface area contributed by atoms with E-state index < -0.39 is 0 Å². The molecule has 0 bridgehead atoms. The van der Waals surface area contributed by atoms with E-state index in [1.165, 1.54) is 16.8 Å². The smallest absolute Gasteiger partial charge is 0.239 e. The van der Waals surface area contributed by atoms with Crippen molar-refractivity contribution in [2.75, 3.05) is 31.6 Å². The first-order valence-corrected chi connectivity index (χ1v) is 5.96. The predicted octanol–water partition coefficient (Wildman–Crippen LogP) is 0.651. The zero-order chi connectivity index (χ0) is 12.3. The number of benzene rings is 1. The van der Waals surface area contributed by atoms with E-state index >= 15 is 0 Å². The lowest BCUT2D eigenvalue weighted by Gasteiger charge is -2.30. The van der Waals surface area contributed by atoms with Crippen molar-refractivity contribution in [2.45, 2.75) is 13.5 Å². The summed E-state index contributed by atoms with van der Waals surface area (Å²) in [6.45, 7) is 5.06. The van der Waals surface area contributed by atoms with Crippen LogP contribution >= 0.6 is 0 Å². The number of rotatable bonds is 3. The average Bonchev–Trinajstić information content (AvgIpc) is 2.29. The van der Waals surface area contributed by atoms with Crippen LogP contribution in [0.1, 0.15) is 11.1 Å². The number of carbonyl (C=O) groups is 1. The average molecular weight is 233 g/mol. The fourth-order valence-electron chi connectivity index (χ4n) is 2.23. The molecule has 1 amide bonds. The largest absolute Gasteiger partial charge is 0.360 e. The van der Waals surface area contributed by atoms with Crippen LogP contribution in [0.15, 0.2) is 18.2 Å². The van der Waals surface area contributed by atoms with Gasteiger partial charge < -0.3 is 15.5 Å². The first-order valence-electron chi connectivity index (χ1n) is 5.96. The molecule has 0 saturated carbocycles. The lowest BCUT2D eigenvalue weighted by atomic mass is 10.1. The summed E-state index contributed by atoms with van der Waals surface area (Å²) in [5, 5.41) is 5.98. The lowest BCUT2D eigenvalue weighted by Crippen LogP contribution is -2.47. The number of aryl methyl sites for hydroxylation is 1. The van der Waals surface area contributed by atoms with Crippen molar-refractivity contribution in [1.82, 2.24) is 10.6 Å². The van der Waals surface area contributed by atoms with Gasteiger partial charge in [-0.25, -0.2) is 0 Å². The standard InChI is InChI=1S/C13H19N3O/c1-10-7-11(8-14-2)3-4-12(10)16-6-5-15-13(17)9-16/h3-4,7,14H,5-6,8-9H2,1-2H3,(H,15,17). The van der Waals surface area contributed by atoms with Gasteiger partial charge in [-0.2, -0.15) is 0 Å². The molecule has 1 heterocycles. The van der Waals surface area contributed by atoms with Gasteiger partial charge in [0.2, 0.25) is 5.91 Å². The van der Waals surface area contributed by atoms with E-state index in [2.05, 4.69) is 40.7 Å². The van der Waals surface area contributed by atoms with E-state index in [1.54, 1.807) is 0 Å². The van der Waals surface area contributed by atoms with Gasteiger partial charge in [0, 0.05) is 25.3 Å². The van der Waals surface area contributed by atoms with Crippen LogP contribution in [0, 0.1) is 6.92 Å². The second kappa shape index (κ2) is 5.19. The molecule has 0 atom stereocenters. The molecule has 1 aromatic rings. The fourth-order valence-corrected chi connectivity index (χ4v) is 2.23. The number of nitrogens with zero attached hydrogens (tertiary/aromatic N) is 1. The third-order valence-electron chi connectivity index (χ3n) is 3.02. The molecule has 1 aliphatic heterocycles. The van der Waals surface area contributed by atoms with Gasteiger partial charge in [0.05, 0.1) is 6.54 Å². The third-order valence-corrected chi connectivity index (χ3v) is 3.02. The molecular weight excluding hydrogens is 214 g/mol. The van der Waals surface area contributed by atoms with E-state index in [1.807, 2.05) is 7.05 Å². The Balaban J connectivity index is 2.17.